The number of thioether (sulfide) groups is 1. The molecule has 0 unspecified atom stereocenters. The van der Waals surface area contributed by atoms with Gasteiger partial charge in [-0.1, -0.05) is 60.3 Å². The number of rotatable bonds is 7. The molecular formula is C29H26N4O5S. The van der Waals surface area contributed by atoms with Gasteiger partial charge < -0.3 is 19.1 Å². The van der Waals surface area contributed by atoms with Crippen molar-refractivity contribution < 1.29 is 24.2 Å². The number of carbonyl (C=O) groups excluding carboxylic acids is 2. The molecular weight excluding hydrogens is 516 g/mol. The highest BCUT2D eigenvalue weighted by Crippen LogP contribution is 2.40. The van der Waals surface area contributed by atoms with Crippen molar-refractivity contribution >= 4 is 29.3 Å². The molecule has 6 rings (SSSR count). The summed E-state index contributed by atoms with van der Waals surface area (Å²) in [5.41, 5.74) is 3.76. The molecule has 0 aliphatic carbocycles. The quantitative estimate of drug-likeness (QED) is 0.270. The normalized spacial score (nSPS) is 20.9. The number of hydrogen-bond acceptors (Lipinski definition) is 8. The average molecular weight is 543 g/mol. The number of aromatic nitrogens is 3. The minimum absolute atomic E-state index is 0.0287. The standard InChI is InChI=1S/C29H26N4O5S/c1-32-17-30-31-29(32)39-16-22-14-25(19-11-9-18(15-34)10-12-19)38-28(37-22)20-5-4-6-21(13-20)33-26(35)23-7-2-3-8-24(23)27(33)36/h2-13,17,22,25,28,34H,14-16H2,1H3/t22-,25+,28+/m0/s1. The van der Waals surface area contributed by atoms with Gasteiger partial charge in [0.05, 0.1) is 35.6 Å². The van der Waals surface area contributed by atoms with Gasteiger partial charge in [0.15, 0.2) is 11.4 Å². The predicted octanol–water partition coefficient (Wildman–Crippen LogP) is 4.45. The molecule has 0 saturated carbocycles. The highest BCUT2D eigenvalue weighted by molar-refractivity contribution is 7.99. The van der Waals surface area contributed by atoms with Crippen molar-refractivity contribution in [2.75, 3.05) is 10.7 Å². The molecule has 1 saturated heterocycles. The van der Waals surface area contributed by atoms with E-state index in [0.717, 1.165) is 16.3 Å². The number of amides is 2. The van der Waals surface area contributed by atoms with Crippen molar-refractivity contribution in [1.82, 2.24) is 14.8 Å². The third-order valence-electron chi connectivity index (χ3n) is 6.88. The van der Waals surface area contributed by atoms with Crippen LogP contribution in [0.1, 0.15) is 56.2 Å². The number of carbonyl (C=O) groups is 2. The lowest BCUT2D eigenvalue weighted by molar-refractivity contribution is -0.245. The summed E-state index contributed by atoms with van der Waals surface area (Å²) in [6.07, 6.45) is 1.13. The molecule has 2 aliphatic rings. The van der Waals surface area contributed by atoms with Gasteiger partial charge in [0.1, 0.15) is 6.33 Å². The van der Waals surface area contributed by atoms with E-state index in [-0.39, 0.29) is 30.6 Å². The number of nitrogens with zero attached hydrogens (tertiary/aromatic N) is 4. The van der Waals surface area contributed by atoms with E-state index in [1.807, 2.05) is 41.9 Å². The third kappa shape index (κ3) is 4.99. The SMILES string of the molecule is Cn1cnnc1SC[C@@H]1C[C@H](c2ccc(CO)cc2)O[C@H](c2cccc(N3C(=O)c4ccccc4C3=O)c2)O1. The van der Waals surface area contributed by atoms with E-state index in [1.54, 1.807) is 60.6 Å². The summed E-state index contributed by atoms with van der Waals surface area (Å²) < 4.78 is 14.7. The minimum atomic E-state index is -0.721. The Balaban J connectivity index is 1.28. The first-order valence-electron chi connectivity index (χ1n) is 12.6. The number of anilines is 1. The Labute approximate surface area is 229 Å². The van der Waals surface area contributed by atoms with Crippen molar-refractivity contribution in [2.45, 2.75) is 36.7 Å². The van der Waals surface area contributed by atoms with Gasteiger partial charge in [-0.05, 0) is 35.4 Å². The Morgan fingerprint density at radius 1 is 0.949 bits per heavy atom. The van der Waals surface area contributed by atoms with Crippen LogP contribution in [0.4, 0.5) is 5.69 Å². The van der Waals surface area contributed by atoms with Crippen LogP contribution in [0.15, 0.2) is 84.3 Å². The van der Waals surface area contributed by atoms with Gasteiger partial charge >= 0.3 is 0 Å². The lowest BCUT2D eigenvalue weighted by Crippen LogP contribution is -2.32. The number of aryl methyl sites for hydroxylation is 1. The van der Waals surface area contributed by atoms with E-state index in [0.29, 0.717) is 34.6 Å². The third-order valence-corrected chi connectivity index (χ3v) is 8.04. The number of imide groups is 1. The van der Waals surface area contributed by atoms with Gasteiger partial charge in [-0.2, -0.15) is 0 Å². The van der Waals surface area contributed by atoms with Gasteiger partial charge in [0.25, 0.3) is 11.8 Å². The van der Waals surface area contributed by atoms with Gasteiger partial charge in [0.2, 0.25) is 0 Å². The summed E-state index contributed by atoms with van der Waals surface area (Å²) in [5.74, 6) is -0.0634. The monoisotopic (exact) mass is 542 g/mol. The molecule has 1 aromatic heterocycles. The molecule has 3 atom stereocenters. The lowest BCUT2D eigenvalue weighted by atomic mass is 10.0. The maximum atomic E-state index is 13.1. The van der Waals surface area contributed by atoms with Crippen LogP contribution in [0.2, 0.25) is 0 Å². The van der Waals surface area contributed by atoms with E-state index in [2.05, 4.69) is 10.2 Å². The number of aliphatic hydroxyl groups is 1. The van der Waals surface area contributed by atoms with E-state index >= 15 is 0 Å². The van der Waals surface area contributed by atoms with Gasteiger partial charge in [-0.25, -0.2) is 4.90 Å². The van der Waals surface area contributed by atoms with Gasteiger partial charge in [0, 0.05) is 24.8 Å². The van der Waals surface area contributed by atoms with Crippen molar-refractivity contribution in [3.05, 3.63) is 107 Å². The highest BCUT2D eigenvalue weighted by atomic mass is 32.2. The van der Waals surface area contributed by atoms with Crippen molar-refractivity contribution in [3.8, 4) is 0 Å². The Bertz CT molecular complexity index is 1490. The Kier molecular flexibility index (Phi) is 7.01. The molecule has 1 N–H and O–H groups in total. The van der Waals surface area contributed by atoms with Crippen molar-refractivity contribution in [2.24, 2.45) is 7.05 Å². The number of fused-ring (bicyclic) bond motifs is 1. The molecule has 2 aliphatic heterocycles. The lowest BCUT2D eigenvalue weighted by Gasteiger charge is -2.36. The summed E-state index contributed by atoms with van der Waals surface area (Å²) in [6, 6.07) is 21.7. The molecule has 198 valence electrons. The molecule has 4 aromatic rings. The largest absolute Gasteiger partial charge is 0.392 e. The number of aliphatic hydroxyl groups excluding tert-OH is 1. The van der Waals surface area contributed by atoms with Gasteiger partial charge in [-0.15, -0.1) is 10.2 Å². The smallest absolute Gasteiger partial charge is 0.266 e. The van der Waals surface area contributed by atoms with Crippen LogP contribution in [0.25, 0.3) is 0 Å². The fraction of sp³-hybridized carbons (Fsp3) is 0.241. The summed E-state index contributed by atoms with van der Waals surface area (Å²) in [4.78, 5) is 27.3. The number of benzene rings is 3. The highest BCUT2D eigenvalue weighted by Gasteiger charge is 2.37. The number of ether oxygens (including phenoxy) is 2. The Hall–Kier alpha value is -3.83. The summed E-state index contributed by atoms with van der Waals surface area (Å²) in [7, 11) is 1.90. The minimum Gasteiger partial charge on any atom is -0.392 e. The second-order valence-corrected chi connectivity index (χ2v) is 10.5. The van der Waals surface area contributed by atoms with Crippen LogP contribution >= 0.6 is 11.8 Å². The van der Waals surface area contributed by atoms with E-state index in [4.69, 9.17) is 9.47 Å². The molecule has 3 aromatic carbocycles. The first-order chi connectivity index (χ1) is 19.0. The summed E-state index contributed by atoms with van der Waals surface area (Å²) in [6.45, 7) is -0.0287. The fourth-order valence-electron chi connectivity index (χ4n) is 4.83. The van der Waals surface area contributed by atoms with Gasteiger partial charge in [-0.3, -0.25) is 9.59 Å². The molecule has 1 fully saturated rings. The Morgan fingerprint density at radius 3 is 2.36 bits per heavy atom. The molecule has 0 radical (unpaired) electrons. The molecule has 0 bridgehead atoms. The van der Waals surface area contributed by atoms with E-state index in [9.17, 15) is 14.7 Å². The molecule has 0 spiro atoms. The van der Waals surface area contributed by atoms with Crippen molar-refractivity contribution in [3.63, 3.8) is 0 Å². The molecule has 2 amide bonds. The van der Waals surface area contributed by atoms with Crippen LogP contribution < -0.4 is 4.90 Å². The zero-order chi connectivity index (χ0) is 26.9. The topological polar surface area (TPSA) is 107 Å². The van der Waals surface area contributed by atoms with Crippen molar-refractivity contribution in [1.29, 1.82) is 0 Å². The summed E-state index contributed by atoms with van der Waals surface area (Å²) in [5, 5.41) is 18.3. The van der Waals surface area contributed by atoms with E-state index < -0.39 is 6.29 Å². The van der Waals surface area contributed by atoms with Crippen LogP contribution in [0.3, 0.4) is 0 Å². The maximum Gasteiger partial charge on any atom is 0.266 e. The first-order valence-corrected chi connectivity index (χ1v) is 13.6. The zero-order valence-electron chi connectivity index (χ0n) is 21.1. The maximum absolute atomic E-state index is 13.1. The van der Waals surface area contributed by atoms with Crippen LogP contribution in [0.5, 0.6) is 0 Å². The first kappa shape index (κ1) is 25.4. The molecule has 3 heterocycles. The molecule has 39 heavy (non-hydrogen) atoms. The van der Waals surface area contributed by atoms with E-state index in [1.165, 1.54) is 4.90 Å². The van der Waals surface area contributed by atoms with Crippen LogP contribution in [0, 0.1) is 0 Å². The fourth-order valence-corrected chi connectivity index (χ4v) is 5.73. The van der Waals surface area contributed by atoms with Crippen LogP contribution in [-0.2, 0) is 23.1 Å². The predicted molar refractivity (Wildman–Crippen MR) is 144 cm³/mol. The zero-order valence-corrected chi connectivity index (χ0v) is 22.0. The second kappa shape index (κ2) is 10.7. The summed E-state index contributed by atoms with van der Waals surface area (Å²) >= 11 is 1.56. The average Bonchev–Trinajstić information content (AvgIpc) is 3.51. The second-order valence-electron chi connectivity index (χ2n) is 9.47. The van der Waals surface area contributed by atoms with Crippen LogP contribution in [-0.4, -0.2) is 43.5 Å². The molecule has 9 nitrogen and oxygen atoms in total. The molecule has 10 heteroatoms. The Morgan fingerprint density at radius 2 is 1.69 bits per heavy atom. The number of hydrogen-bond donors (Lipinski definition) is 1.